The second kappa shape index (κ2) is 19.0. The van der Waals surface area contributed by atoms with Gasteiger partial charge in [0.05, 0.1) is 0 Å². The number of hydrogen-bond acceptors (Lipinski definition) is 1. The average Bonchev–Trinajstić information content (AvgIpc) is 2.56. The summed E-state index contributed by atoms with van der Waals surface area (Å²) in [4.78, 5) is 10.3. The van der Waals surface area contributed by atoms with Crippen molar-refractivity contribution in [3.05, 3.63) is 72.9 Å². The maximum absolute atomic E-state index is 10.3. The van der Waals surface area contributed by atoms with Gasteiger partial charge in [0.2, 0.25) is 0 Å². The normalized spacial score (nSPS) is 13.0. The molecule has 0 aliphatic rings. The van der Waals surface area contributed by atoms with Crippen molar-refractivity contribution in [1.29, 1.82) is 0 Å². The number of carboxylic acids is 1. The van der Waals surface area contributed by atoms with E-state index in [0.29, 0.717) is 0 Å². The van der Waals surface area contributed by atoms with Crippen molar-refractivity contribution >= 4 is 5.97 Å². The van der Waals surface area contributed by atoms with E-state index in [1.165, 1.54) is 0 Å². The molecule has 0 saturated carbocycles. The molecular weight excluding hydrogens is 296 g/mol. The first-order valence-corrected chi connectivity index (χ1v) is 8.94. The minimum atomic E-state index is -0.711. The van der Waals surface area contributed by atoms with Crippen molar-refractivity contribution < 1.29 is 9.90 Å². The van der Waals surface area contributed by atoms with Crippen molar-refractivity contribution in [2.75, 3.05) is 0 Å². The molecule has 0 radical (unpaired) electrons. The van der Waals surface area contributed by atoms with E-state index in [0.717, 1.165) is 44.9 Å². The van der Waals surface area contributed by atoms with Gasteiger partial charge < -0.3 is 5.11 Å². The van der Waals surface area contributed by atoms with Crippen LogP contribution in [0.25, 0.3) is 0 Å². The quantitative estimate of drug-likeness (QED) is 0.223. The predicted octanol–water partition coefficient (Wildman–Crippen LogP) is 6.55. The van der Waals surface area contributed by atoms with Crippen LogP contribution >= 0.6 is 0 Å². The lowest BCUT2D eigenvalue weighted by molar-refractivity contribution is -0.137. The standard InChI is InChI=1S/C22H32O2/c1-2-3-4-5-6-7-8-9-10-11-12-13-14-15-16-17-18-19-20-21-22(23)24/h3-4,6-7,10-17H,2,5,8-9,18-21H2,1H3,(H,23,24)/b4-3+,7-6+,11-10+,13-12+,15-14+,17-16+. The van der Waals surface area contributed by atoms with Gasteiger partial charge in [0.15, 0.2) is 0 Å². The number of rotatable bonds is 14. The lowest BCUT2D eigenvalue weighted by atomic mass is 10.2. The van der Waals surface area contributed by atoms with Gasteiger partial charge in [-0.1, -0.05) is 79.8 Å². The van der Waals surface area contributed by atoms with Gasteiger partial charge in [0.25, 0.3) is 0 Å². The van der Waals surface area contributed by atoms with Crippen LogP contribution in [0.1, 0.15) is 58.3 Å². The molecule has 0 rings (SSSR count). The summed E-state index contributed by atoms with van der Waals surface area (Å²) in [6.45, 7) is 2.15. The average molecular weight is 328 g/mol. The van der Waals surface area contributed by atoms with Crippen LogP contribution in [0.15, 0.2) is 72.9 Å². The largest absolute Gasteiger partial charge is 0.481 e. The van der Waals surface area contributed by atoms with Gasteiger partial charge in [0.1, 0.15) is 0 Å². The predicted molar refractivity (Wildman–Crippen MR) is 105 cm³/mol. The van der Waals surface area contributed by atoms with Crippen molar-refractivity contribution in [3.63, 3.8) is 0 Å². The molecule has 1 N–H and O–H groups in total. The molecule has 0 amide bonds. The molecule has 132 valence electrons. The van der Waals surface area contributed by atoms with Gasteiger partial charge >= 0.3 is 5.97 Å². The summed E-state index contributed by atoms with van der Waals surface area (Å²) >= 11 is 0. The third-order valence-corrected chi connectivity index (χ3v) is 3.18. The van der Waals surface area contributed by atoms with E-state index in [2.05, 4.69) is 49.5 Å². The Bertz CT molecular complexity index is 462. The Morgan fingerprint density at radius 2 is 1.29 bits per heavy atom. The Labute approximate surface area is 147 Å². The van der Waals surface area contributed by atoms with E-state index in [1.807, 2.05) is 30.4 Å². The zero-order chi connectivity index (χ0) is 17.7. The molecule has 0 saturated heterocycles. The third-order valence-electron chi connectivity index (χ3n) is 3.18. The van der Waals surface area contributed by atoms with E-state index in [-0.39, 0.29) is 6.42 Å². The minimum absolute atomic E-state index is 0.268. The summed E-state index contributed by atoms with van der Waals surface area (Å²) in [6.07, 6.45) is 32.4. The monoisotopic (exact) mass is 328 g/mol. The van der Waals surface area contributed by atoms with Crippen molar-refractivity contribution in [2.45, 2.75) is 58.3 Å². The Kier molecular flexibility index (Phi) is 17.3. The molecule has 2 heteroatoms. The Balaban J connectivity index is 3.55. The molecule has 0 heterocycles. The lowest BCUT2D eigenvalue weighted by Crippen LogP contribution is -1.92. The number of carboxylic acid groups (broad SMARTS) is 1. The van der Waals surface area contributed by atoms with Crippen LogP contribution in [-0.4, -0.2) is 11.1 Å². The first kappa shape index (κ1) is 21.9. The van der Waals surface area contributed by atoms with Crippen LogP contribution in [0.2, 0.25) is 0 Å². The minimum Gasteiger partial charge on any atom is -0.481 e. The fourth-order valence-corrected chi connectivity index (χ4v) is 1.89. The van der Waals surface area contributed by atoms with E-state index in [9.17, 15) is 4.79 Å². The molecule has 0 aromatic heterocycles. The Morgan fingerprint density at radius 1 is 0.708 bits per heavy atom. The fraction of sp³-hybridized carbons (Fsp3) is 0.409. The van der Waals surface area contributed by atoms with Gasteiger partial charge in [-0.3, -0.25) is 4.79 Å². The van der Waals surface area contributed by atoms with Gasteiger partial charge in [-0.05, 0) is 44.9 Å². The first-order chi connectivity index (χ1) is 11.8. The highest BCUT2D eigenvalue weighted by molar-refractivity contribution is 5.66. The van der Waals surface area contributed by atoms with E-state index < -0.39 is 5.97 Å². The smallest absolute Gasteiger partial charge is 0.303 e. The molecule has 0 aliphatic heterocycles. The maximum Gasteiger partial charge on any atom is 0.303 e. The second-order valence-electron chi connectivity index (χ2n) is 5.43. The van der Waals surface area contributed by atoms with Crippen LogP contribution in [0.3, 0.4) is 0 Å². The van der Waals surface area contributed by atoms with Gasteiger partial charge in [-0.25, -0.2) is 0 Å². The molecule has 0 aromatic rings. The molecular formula is C22H32O2. The van der Waals surface area contributed by atoms with Crippen molar-refractivity contribution in [3.8, 4) is 0 Å². The van der Waals surface area contributed by atoms with Crippen LogP contribution in [0.4, 0.5) is 0 Å². The van der Waals surface area contributed by atoms with E-state index >= 15 is 0 Å². The van der Waals surface area contributed by atoms with Crippen LogP contribution in [-0.2, 0) is 4.79 Å². The summed E-state index contributed by atoms with van der Waals surface area (Å²) in [5.41, 5.74) is 0. The molecule has 0 bridgehead atoms. The maximum atomic E-state index is 10.3. The summed E-state index contributed by atoms with van der Waals surface area (Å²) in [7, 11) is 0. The zero-order valence-electron chi connectivity index (χ0n) is 14.9. The third kappa shape index (κ3) is 19.9. The summed E-state index contributed by atoms with van der Waals surface area (Å²) in [5, 5.41) is 8.51. The zero-order valence-corrected chi connectivity index (χ0v) is 14.9. The fourth-order valence-electron chi connectivity index (χ4n) is 1.89. The van der Waals surface area contributed by atoms with E-state index in [4.69, 9.17) is 5.11 Å². The number of hydrogen-bond donors (Lipinski definition) is 1. The van der Waals surface area contributed by atoms with Crippen LogP contribution in [0.5, 0.6) is 0 Å². The van der Waals surface area contributed by atoms with Crippen LogP contribution in [0, 0.1) is 0 Å². The number of allylic oxidation sites excluding steroid dienone is 12. The summed E-state index contributed by atoms with van der Waals surface area (Å²) in [6, 6.07) is 0. The molecule has 0 unspecified atom stereocenters. The van der Waals surface area contributed by atoms with Crippen molar-refractivity contribution in [2.24, 2.45) is 0 Å². The summed E-state index contributed by atoms with van der Waals surface area (Å²) in [5.74, 6) is -0.711. The molecule has 0 aromatic carbocycles. The highest BCUT2D eigenvalue weighted by Crippen LogP contribution is 2.00. The topological polar surface area (TPSA) is 37.3 Å². The van der Waals surface area contributed by atoms with Gasteiger partial charge in [-0.2, -0.15) is 0 Å². The SMILES string of the molecule is CC/C=C/C/C=C/CC/C=C/C=C/C=C/C=C/CCCCC(=O)O. The molecule has 24 heavy (non-hydrogen) atoms. The highest BCUT2D eigenvalue weighted by atomic mass is 16.4. The number of aliphatic carboxylic acids is 1. The molecule has 0 spiro atoms. The molecule has 2 nitrogen and oxygen atoms in total. The van der Waals surface area contributed by atoms with Gasteiger partial charge in [-0.15, -0.1) is 0 Å². The van der Waals surface area contributed by atoms with Crippen molar-refractivity contribution in [1.82, 2.24) is 0 Å². The highest BCUT2D eigenvalue weighted by Gasteiger charge is 1.93. The number of carbonyl (C=O) groups is 1. The molecule has 0 aliphatic carbocycles. The first-order valence-electron chi connectivity index (χ1n) is 8.94. The van der Waals surface area contributed by atoms with Gasteiger partial charge in [0, 0.05) is 6.42 Å². The van der Waals surface area contributed by atoms with Crippen LogP contribution < -0.4 is 0 Å². The molecule has 0 fully saturated rings. The van der Waals surface area contributed by atoms with E-state index in [1.54, 1.807) is 0 Å². The number of unbranched alkanes of at least 4 members (excludes halogenated alkanes) is 3. The molecule has 0 atom stereocenters. The second-order valence-corrected chi connectivity index (χ2v) is 5.43. The Morgan fingerprint density at radius 3 is 1.96 bits per heavy atom. The summed E-state index contributed by atoms with van der Waals surface area (Å²) < 4.78 is 0. The lowest BCUT2D eigenvalue weighted by Gasteiger charge is -1.91. The Hall–Kier alpha value is -2.09.